The van der Waals surface area contributed by atoms with Gasteiger partial charge in [0.1, 0.15) is 0 Å². The van der Waals surface area contributed by atoms with Crippen LogP contribution in [-0.4, -0.2) is 31.5 Å². The van der Waals surface area contributed by atoms with Crippen LogP contribution in [0.1, 0.15) is 15.9 Å². The number of hydrogen-bond donors (Lipinski definition) is 1. The summed E-state index contributed by atoms with van der Waals surface area (Å²) < 4.78 is 42.8. The highest BCUT2D eigenvalue weighted by molar-refractivity contribution is 9.10. The molecule has 1 aromatic carbocycles. The lowest BCUT2D eigenvalue weighted by molar-refractivity contribution is -0.137. The summed E-state index contributed by atoms with van der Waals surface area (Å²) >= 11 is 8.87. The molecule has 0 aliphatic carbocycles. The van der Waals surface area contributed by atoms with Crippen molar-refractivity contribution in [3.8, 4) is 0 Å². The maximum Gasteiger partial charge on any atom is 0.416 e. The molecule has 112 valence electrons. The van der Waals surface area contributed by atoms with Crippen LogP contribution in [0.2, 0.25) is 0 Å². The van der Waals surface area contributed by atoms with Crippen molar-refractivity contribution in [2.75, 3.05) is 20.3 Å². The minimum absolute atomic E-state index is 0.0942. The number of hydrogen-bond acceptors (Lipinski definition) is 2. The second kappa shape index (κ2) is 7.28. The zero-order valence-electron chi connectivity index (χ0n) is 10.4. The zero-order chi connectivity index (χ0) is 15.3. The van der Waals surface area contributed by atoms with Crippen molar-refractivity contribution in [2.45, 2.75) is 11.6 Å². The molecule has 0 radical (unpaired) electrons. The molecule has 0 spiro atoms. The van der Waals surface area contributed by atoms with Gasteiger partial charge < -0.3 is 10.1 Å². The Kier molecular flexibility index (Phi) is 6.29. The number of rotatable bonds is 5. The number of ether oxygens (including phenoxy) is 1. The summed E-state index contributed by atoms with van der Waals surface area (Å²) in [6.07, 6.45) is -4.50. The summed E-state index contributed by atoms with van der Waals surface area (Å²) in [4.78, 5) is 11.8. The van der Waals surface area contributed by atoms with Crippen molar-refractivity contribution in [3.05, 3.63) is 33.8 Å². The standard InChI is InChI=1S/C12H12BrClF3NO2/c1-20-6-8(14)5-18-11(19)9-4-7(12(15,16)17)2-3-10(9)13/h2-4,8H,5-6H2,1H3,(H,18,19). The maximum absolute atomic E-state index is 12.6. The molecule has 1 unspecified atom stereocenters. The molecule has 0 aliphatic rings. The van der Waals surface area contributed by atoms with E-state index in [1.54, 1.807) is 0 Å². The van der Waals surface area contributed by atoms with Crippen LogP contribution in [0.4, 0.5) is 13.2 Å². The van der Waals surface area contributed by atoms with Crippen molar-refractivity contribution in [1.29, 1.82) is 0 Å². The first-order chi connectivity index (χ1) is 9.25. The van der Waals surface area contributed by atoms with Gasteiger partial charge in [0.2, 0.25) is 0 Å². The smallest absolute Gasteiger partial charge is 0.383 e. The lowest BCUT2D eigenvalue weighted by Crippen LogP contribution is -2.32. The highest BCUT2D eigenvalue weighted by Gasteiger charge is 2.31. The van der Waals surface area contributed by atoms with Gasteiger partial charge in [-0.3, -0.25) is 4.79 Å². The topological polar surface area (TPSA) is 38.3 Å². The van der Waals surface area contributed by atoms with Crippen LogP contribution in [0, 0.1) is 0 Å². The second-order valence-electron chi connectivity index (χ2n) is 3.96. The van der Waals surface area contributed by atoms with Crippen molar-refractivity contribution >= 4 is 33.4 Å². The predicted octanol–water partition coefficient (Wildman–Crippen LogP) is 3.45. The van der Waals surface area contributed by atoms with Gasteiger partial charge in [-0.05, 0) is 34.1 Å². The summed E-state index contributed by atoms with van der Waals surface area (Å²) in [6, 6.07) is 2.88. The Hall–Kier alpha value is -0.790. The molecule has 1 rings (SSSR count). The van der Waals surface area contributed by atoms with Crippen LogP contribution < -0.4 is 5.32 Å². The number of carbonyl (C=O) groups is 1. The van der Waals surface area contributed by atoms with Crippen LogP contribution in [0.3, 0.4) is 0 Å². The Balaban J connectivity index is 2.82. The van der Waals surface area contributed by atoms with Crippen LogP contribution in [0.15, 0.2) is 22.7 Å². The Labute approximate surface area is 127 Å². The quantitative estimate of drug-likeness (QED) is 0.802. The summed E-state index contributed by atoms with van der Waals surface area (Å²) in [5.41, 5.74) is -0.980. The third-order valence-corrected chi connectivity index (χ3v) is 3.34. The van der Waals surface area contributed by atoms with Gasteiger partial charge in [-0.2, -0.15) is 13.2 Å². The minimum Gasteiger partial charge on any atom is -0.383 e. The van der Waals surface area contributed by atoms with E-state index in [-0.39, 0.29) is 23.2 Å². The summed E-state index contributed by atoms with van der Waals surface area (Å²) in [6.45, 7) is 0.322. The molecule has 0 aromatic heterocycles. The van der Waals surface area contributed by atoms with Gasteiger partial charge in [-0.15, -0.1) is 11.6 Å². The molecule has 3 nitrogen and oxygen atoms in total. The first kappa shape index (κ1) is 17.3. The average molecular weight is 375 g/mol. The molecule has 20 heavy (non-hydrogen) atoms. The molecule has 1 amide bonds. The van der Waals surface area contributed by atoms with E-state index in [0.29, 0.717) is 0 Å². The number of carbonyl (C=O) groups excluding carboxylic acids is 1. The van der Waals surface area contributed by atoms with Crippen LogP contribution in [0.25, 0.3) is 0 Å². The van der Waals surface area contributed by atoms with E-state index in [0.717, 1.165) is 12.1 Å². The monoisotopic (exact) mass is 373 g/mol. The van der Waals surface area contributed by atoms with Gasteiger partial charge >= 0.3 is 6.18 Å². The van der Waals surface area contributed by atoms with Gasteiger partial charge in [0.15, 0.2) is 0 Å². The van der Waals surface area contributed by atoms with Crippen LogP contribution in [0.5, 0.6) is 0 Å². The number of nitrogens with one attached hydrogen (secondary N) is 1. The van der Waals surface area contributed by atoms with Crippen molar-refractivity contribution in [1.82, 2.24) is 5.32 Å². The van der Waals surface area contributed by atoms with E-state index in [1.807, 2.05) is 0 Å². The van der Waals surface area contributed by atoms with E-state index in [9.17, 15) is 18.0 Å². The number of halogens is 5. The van der Waals surface area contributed by atoms with E-state index < -0.39 is 23.0 Å². The molecular weight excluding hydrogens is 362 g/mol. The molecule has 1 aromatic rings. The van der Waals surface area contributed by atoms with Gasteiger partial charge in [0.05, 0.1) is 23.1 Å². The minimum atomic E-state index is -4.50. The predicted molar refractivity (Wildman–Crippen MR) is 73.0 cm³/mol. The molecule has 0 saturated carbocycles. The molecule has 0 bridgehead atoms. The fourth-order valence-electron chi connectivity index (χ4n) is 1.41. The summed E-state index contributed by atoms with van der Waals surface area (Å²) in [5, 5.41) is 2.00. The molecule has 0 aliphatic heterocycles. The van der Waals surface area contributed by atoms with Gasteiger partial charge in [-0.1, -0.05) is 0 Å². The van der Waals surface area contributed by atoms with Gasteiger partial charge in [0, 0.05) is 18.1 Å². The van der Waals surface area contributed by atoms with Crippen molar-refractivity contribution in [3.63, 3.8) is 0 Å². The summed E-state index contributed by atoms with van der Waals surface area (Å²) in [5.74, 6) is -0.635. The van der Waals surface area contributed by atoms with Gasteiger partial charge in [-0.25, -0.2) is 0 Å². The highest BCUT2D eigenvalue weighted by Crippen LogP contribution is 2.31. The largest absolute Gasteiger partial charge is 0.416 e. The Morgan fingerprint density at radius 3 is 2.70 bits per heavy atom. The first-order valence-corrected chi connectivity index (χ1v) is 6.76. The Morgan fingerprint density at radius 1 is 1.50 bits per heavy atom. The molecule has 0 saturated heterocycles. The SMILES string of the molecule is COCC(Cl)CNC(=O)c1cc(C(F)(F)F)ccc1Br. The maximum atomic E-state index is 12.6. The van der Waals surface area contributed by atoms with E-state index in [1.165, 1.54) is 13.2 Å². The normalized spacial score (nSPS) is 13.1. The number of alkyl halides is 4. The number of amides is 1. The zero-order valence-corrected chi connectivity index (χ0v) is 12.8. The molecule has 8 heteroatoms. The lowest BCUT2D eigenvalue weighted by atomic mass is 10.1. The third kappa shape index (κ3) is 4.96. The summed E-state index contributed by atoms with van der Waals surface area (Å²) in [7, 11) is 1.46. The van der Waals surface area contributed by atoms with E-state index in [4.69, 9.17) is 16.3 Å². The molecule has 0 heterocycles. The van der Waals surface area contributed by atoms with Crippen molar-refractivity contribution < 1.29 is 22.7 Å². The van der Waals surface area contributed by atoms with Crippen molar-refractivity contribution in [2.24, 2.45) is 0 Å². The Morgan fingerprint density at radius 2 is 2.15 bits per heavy atom. The highest BCUT2D eigenvalue weighted by atomic mass is 79.9. The van der Waals surface area contributed by atoms with E-state index >= 15 is 0 Å². The second-order valence-corrected chi connectivity index (χ2v) is 5.43. The fraction of sp³-hybridized carbons (Fsp3) is 0.417. The molecule has 1 N–H and O–H groups in total. The average Bonchev–Trinajstić information content (AvgIpc) is 2.35. The van der Waals surface area contributed by atoms with Crippen LogP contribution >= 0.6 is 27.5 Å². The number of methoxy groups -OCH3 is 1. The van der Waals surface area contributed by atoms with Crippen LogP contribution in [-0.2, 0) is 10.9 Å². The third-order valence-electron chi connectivity index (χ3n) is 2.37. The lowest BCUT2D eigenvalue weighted by Gasteiger charge is -2.12. The fourth-order valence-corrected chi connectivity index (χ4v) is 2.04. The number of benzene rings is 1. The van der Waals surface area contributed by atoms with E-state index in [2.05, 4.69) is 21.2 Å². The first-order valence-electron chi connectivity index (χ1n) is 5.53. The van der Waals surface area contributed by atoms with Gasteiger partial charge in [0.25, 0.3) is 5.91 Å². The Bertz CT molecular complexity index is 482. The molecular formula is C12H12BrClF3NO2. The molecule has 0 fully saturated rings. The molecule has 1 atom stereocenters.